The Bertz CT molecular complexity index is 1290. The molecule has 43 heavy (non-hydrogen) atoms. The molecule has 2 heterocycles. The number of aliphatic hydroxyl groups excluding tert-OH is 1. The fourth-order valence-corrected chi connectivity index (χ4v) is 7.40. The molecule has 0 saturated carbocycles. The zero-order chi connectivity index (χ0) is 31.0. The lowest BCUT2D eigenvalue weighted by atomic mass is 9.87. The molecule has 0 aliphatic carbocycles. The summed E-state index contributed by atoms with van der Waals surface area (Å²) in [7, 11) is -2.30. The number of alkyl carbamates (subject to hydrolysis) is 1. The summed E-state index contributed by atoms with van der Waals surface area (Å²) in [6.07, 6.45) is -0.320. The lowest BCUT2D eigenvalue weighted by molar-refractivity contribution is -0.0907. The first kappa shape index (κ1) is 33.2. The molecule has 1 amide bonds. The van der Waals surface area contributed by atoms with Gasteiger partial charge in [0.05, 0.1) is 36.2 Å². The molecule has 0 spiro atoms. The minimum atomic E-state index is -4.02. The van der Waals surface area contributed by atoms with Crippen LogP contribution in [0.1, 0.15) is 38.7 Å². The van der Waals surface area contributed by atoms with E-state index in [1.165, 1.54) is 4.31 Å². The van der Waals surface area contributed by atoms with E-state index >= 15 is 0 Å². The zero-order valence-corrected chi connectivity index (χ0v) is 26.1. The number of amides is 1. The van der Waals surface area contributed by atoms with Crippen LogP contribution < -0.4 is 16.4 Å². The van der Waals surface area contributed by atoms with Crippen molar-refractivity contribution in [2.45, 2.75) is 69.0 Å². The molecule has 4 rings (SSSR count). The number of benzene rings is 2. The second kappa shape index (κ2) is 14.8. The highest BCUT2D eigenvalue weighted by atomic mass is 32.2. The number of nitrogens with zero attached hydrogens (tertiary/aromatic N) is 1. The summed E-state index contributed by atoms with van der Waals surface area (Å²) in [5.74, 6) is -0.0343. The quantitative estimate of drug-likeness (QED) is 0.236. The molecule has 2 fully saturated rings. The molecule has 5 atom stereocenters. The SMILES string of the molecule is CNc1cccc(S(=O)(=O)N(C[C@@H](O)[C@H](Cc2ccccc2)NC(=O)OC2COC3OCCC23)CC(C)(C)CCCN)c1. The van der Waals surface area contributed by atoms with Crippen molar-refractivity contribution in [1.82, 2.24) is 9.62 Å². The average molecular weight is 619 g/mol. The monoisotopic (exact) mass is 618 g/mol. The number of aliphatic hydroxyl groups is 1. The number of carbonyl (C=O) groups is 1. The fourth-order valence-electron chi connectivity index (χ4n) is 5.70. The Morgan fingerprint density at radius 3 is 2.67 bits per heavy atom. The van der Waals surface area contributed by atoms with Crippen molar-refractivity contribution < 1.29 is 32.5 Å². The molecule has 2 aliphatic rings. The van der Waals surface area contributed by atoms with Crippen molar-refractivity contribution in [1.29, 1.82) is 0 Å². The molecule has 2 aliphatic heterocycles. The zero-order valence-electron chi connectivity index (χ0n) is 25.3. The van der Waals surface area contributed by atoms with Gasteiger partial charge in [0.2, 0.25) is 10.0 Å². The van der Waals surface area contributed by atoms with E-state index in [0.29, 0.717) is 25.3 Å². The molecule has 238 valence electrons. The second-order valence-electron chi connectivity index (χ2n) is 12.1. The first-order chi connectivity index (χ1) is 20.5. The first-order valence-corrected chi connectivity index (χ1v) is 16.4. The maximum Gasteiger partial charge on any atom is 0.407 e. The van der Waals surface area contributed by atoms with Gasteiger partial charge in [0.1, 0.15) is 6.10 Å². The molecule has 0 aromatic heterocycles. The molecule has 0 bridgehead atoms. The van der Waals surface area contributed by atoms with Crippen LogP contribution >= 0.6 is 0 Å². The molecule has 2 aromatic carbocycles. The third-order valence-electron chi connectivity index (χ3n) is 8.12. The Morgan fingerprint density at radius 2 is 1.95 bits per heavy atom. The number of rotatable bonds is 15. The van der Waals surface area contributed by atoms with Crippen LogP contribution in [0.25, 0.3) is 0 Å². The van der Waals surface area contributed by atoms with Gasteiger partial charge >= 0.3 is 6.09 Å². The number of nitrogens with one attached hydrogen (secondary N) is 2. The van der Waals surface area contributed by atoms with Gasteiger partial charge in [0.15, 0.2) is 6.29 Å². The third-order valence-corrected chi connectivity index (χ3v) is 9.93. The number of ether oxygens (including phenoxy) is 3. The molecule has 2 aromatic rings. The van der Waals surface area contributed by atoms with Crippen LogP contribution in [-0.2, 0) is 30.7 Å². The number of hydrogen-bond donors (Lipinski definition) is 4. The summed E-state index contributed by atoms with van der Waals surface area (Å²) in [6, 6.07) is 15.2. The predicted molar refractivity (Wildman–Crippen MR) is 164 cm³/mol. The number of hydrogen-bond acceptors (Lipinski definition) is 9. The summed E-state index contributed by atoms with van der Waals surface area (Å²) in [6.45, 7) is 5.18. The smallest absolute Gasteiger partial charge is 0.407 e. The summed E-state index contributed by atoms with van der Waals surface area (Å²) >= 11 is 0. The number of sulfonamides is 1. The Hall–Kier alpha value is -2.74. The van der Waals surface area contributed by atoms with Crippen molar-refractivity contribution in [3.05, 3.63) is 60.2 Å². The number of carbonyl (C=O) groups excluding carboxylic acids is 1. The van der Waals surface area contributed by atoms with E-state index in [1.54, 1.807) is 31.3 Å². The minimum Gasteiger partial charge on any atom is -0.443 e. The highest BCUT2D eigenvalue weighted by molar-refractivity contribution is 7.89. The van der Waals surface area contributed by atoms with Crippen LogP contribution in [0.15, 0.2) is 59.5 Å². The van der Waals surface area contributed by atoms with Crippen molar-refractivity contribution in [2.75, 3.05) is 45.2 Å². The molecular weight excluding hydrogens is 572 g/mol. The van der Waals surface area contributed by atoms with Crippen LogP contribution in [0.3, 0.4) is 0 Å². The normalized spacial score (nSPS) is 21.8. The Labute approximate surface area is 255 Å². The van der Waals surface area contributed by atoms with Gasteiger partial charge in [-0.15, -0.1) is 0 Å². The van der Waals surface area contributed by atoms with Crippen LogP contribution in [0.4, 0.5) is 10.5 Å². The number of fused-ring (bicyclic) bond motifs is 1. The molecule has 3 unspecified atom stereocenters. The fraction of sp³-hybridized carbons (Fsp3) is 0.581. The van der Waals surface area contributed by atoms with E-state index in [4.69, 9.17) is 19.9 Å². The van der Waals surface area contributed by atoms with Gasteiger partial charge in [-0.1, -0.05) is 50.2 Å². The number of anilines is 1. The second-order valence-corrected chi connectivity index (χ2v) is 14.0. The molecule has 2 saturated heterocycles. The van der Waals surface area contributed by atoms with Crippen LogP contribution in [-0.4, -0.2) is 88.4 Å². The summed E-state index contributed by atoms with van der Waals surface area (Å²) in [5, 5.41) is 17.4. The predicted octanol–water partition coefficient (Wildman–Crippen LogP) is 2.94. The largest absolute Gasteiger partial charge is 0.443 e. The van der Waals surface area contributed by atoms with Crippen LogP contribution in [0.2, 0.25) is 0 Å². The Kier molecular flexibility index (Phi) is 11.4. The third kappa shape index (κ3) is 8.90. The van der Waals surface area contributed by atoms with Gasteiger partial charge < -0.3 is 35.7 Å². The molecule has 0 radical (unpaired) electrons. The summed E-state index contributed by atoms with van der Waals surface area (Å²) in [5.41, 5.74) is 6.86. The van der Waals surface area contributed by atoms with Gasteiger partial charge in [-0.05, 0) is 61.4 Å². The van der Waals surface area contributed by atoms with Gasteiger partial charge in [-0.2, -0.15) is 4.31 Å². The van der Waals surface area contributed by atoms with E-state index in [1.807, 2.05) is 44.2 Å². The van der Waals surface area contributed by atoms with Crippen molar-refractivity contribution in [3.63, 3.8) is 0 Å². The Morgan fingerprint density at radius 1 is 1.19 bits per heavy atom. The van der Waals surface area contributed by atoms with Gasteiger partial charge in [0.25, 0.3) is 0 Å². The van der Waals surface area contributed by atoms with E-state index in [0.717, 1.165) is 18.4 Å². The molecule has 11 nitrogen and oxygen atoms in total. The molecule has 5 N–H and O–H groups in total. The van der Waals surface area contributed by atoms with Gasteiger partial charge in [-0.25, -0.2) is 13.2 Å². The van der Waals surface area contributed by atoms with E-state index < -0.39 is 39.8 Å². The van der Waals surface area contributed by atoms with Crippen LogP contribution in [0, 0.1) is 11.3 Å². The van der Waals surface area contributed by atoms with Crippen molar-refractivity contribution in [2.24, 2.45) is 17.1 Å². The van der Waals surface area contributed by atoms with Gasteiger partial charge in [0, 0.05) is 25.8 Å². The van der Waals surface area contributed by atoms with E-state index in [9.17, 15) is 18.3 Å². The lowest BCUT2D eigenvalue weighted by Gasteiger charge is -2.35. The summed E-state index contributed by atoms with van der Waals surface area (Å²) < 4.78 is 46.3. The maximum atomic E-state index is 14.1. The minimum absolute atomic E-state index is 0.0343. The maximum absolute atomic E-state index is 14.1. The average Bonchev–Trinajstić information content (AvgIpc) is 3.61. The highest BCUT2D eigenvalue weighted by Crippen LogP contribution is 2.33. The van der Waals surface area contributed by atoms with E-state index in [-0.39, 0.29) is 43.2 Å². The van der Waals surface area contributed by atoms with Crippen molar-refractivity contribution >= 4 is 21.8 Å². The standard InChI is InChI=1S/C31H46N4O7S/c1-31(2,14-8-15-32)21-35(43(38,39)24-12-7-11-23(18-24)33-3)19-27(36)26(17-22-9-5-4-6-10-22)34-30(37)42-28-20-41-29-25(28)13-16-40-29/h4-7,9-12,18,25-29,33,36H,8,13-17,19-21,32H2,1-3H3,(H,34,37)/t25?,26-,27+,28?,29?/m0/s1. The molecule has 12 heteroatoms. The topological polar surface area (TPSA) is 152 Å². The first-order valence-electron chi connectivity index (χ1n) is 14.9. The van der Waals surface area contributed by atoms with Gasteiger partial charge in [-0.3, -0.25) is 0 Å². The van der Waals surface area contributed by atoms with Crippen molar-refractivity contribution in [3.8, 4) is 0 Å². The highest BCUT2D eigenvalue weighted by Gasteiger charge is 2.44. The van der Waals surface area contributed by atoms with Crippen LogP contribution in [0.5, 0.6) is 0 Å². The number of nitrogens with two attached hydrogens (primary N) is 1. The lowest BCUT2D eigenvalue weighted by Crippen LogP contribution is -2.52. The van der Waals surface area contributed by atoms with E-state index in [2.05, 4.69) is 10.6 Å². The summed E-state index contributed by atoms with van der Waals surface area (Å²) in [4.78, 5) is 13.2. The molecular formula is C31H46N4O7S. The Balaban J connectivity index is 1.57.